The Labute approximate surface area is 175 Å². The Morgan fingerprint density at radius 2 is 1.67 bits per heavy atom. The molecule has 1 amide bonds. The van der Waals surface area contributed by atoms with E-state index in [2.05, 4.69) is 41.2 Å². The molecule has 6 heteroatoms. The van der Waals surface area contributed by atoms with Gasteiger partial charge in [-0.15, -0.1) is 0 Å². The van der Waals surface area contributed by atoms with Crippen molar-refractivity contribution in [2.75, 3.05) is 5.32 Å². The highest BCUT2D eigenvalue weighted by Gasteiger charge is 2.17. The summed E-state index contributed by atoms with van der Waals surface area (Å²) in [4.78, 5) is 21.5. The lowest BCUT2D eigenvalue weighted by atomic mass is 9.87. The van der Waals surface area contributed by atoms with Crippen LogP contribution < -0.4 is 5.32 Å². The highest BCUT2D eigenvalue weighted by Crippen LogP contribution is 2.29. The number of benzene rings is 2. The molecule has 2 heterocycles. The van der Waals surface area contributed by atoms with Crippen LogP contribution in [-0.2, 0) is 5.41 Å². The smallest absolute Gasteiger partial charge is 0.260 e. The quantitative estimate of drug-likeness (QED) is 0.501. The van der Waals surface area contributed by atoms with Gasteiger partial charge in [0, 0.05) is 11.8 Å². The van der Waals surface area contributed by atoms with E-state index >= 15 is 0 Å². The first-order valence-corrected chi connectivity index (χ1v) is 9.68. The first kappa shape index (κ1) is 19.5. The lowest BCUT2D eigenvalue weighted by molar-refractivity contribution is 0.102. The third kappa shape index (κ3) is 4.12. The van der Waals surface area contributed by atoms with Crippen LogP contribution in [0.1, 0.15) is 36.7 Å². The van der Waals surface area contributed by atoms with E-state index in [1.165, 1.54) is 5.56 Å². The van der Waals surface area contributed by atoms with E-state index < -0.39 is 0 Å². The molecule has 0 saturated heterocycles. The SMILES string of the molecule is CC(C)(C)c1ccc(C(=O)Nc2ccccc2-c2nc(-c3ccccn3)no2)cc1. The molecule has 0 saturated carbocycles. The number of amides is 1. The van der Waals surface area contributed by atoms with Crippen LogP contribution in [0.15, 0.2) is 77.4 Å². The standard InChI is InChI=1S/C24H22N4O2/c1-24(2,3)17-13-11-16(12-14-17)22(29)26-19-9-5-4-8-18(19)23-27-21(28-30-23)20-10-6-7-15-25-20/h4-15H,1-3H3,(H,26,29). The minimum Gasteiger partial charge on any atom is -0.333 e. The number of carbonyl (C=O) groups is 1. The van der Waals surface area contributed by atoms with Crippen molar-refractivity contribution in [3.05, 3.63) is 84.1 Å². The number of anilines is 1. The first-order valence-electron chi connectivity index (χ1n) is 9.68. The Morgan fingerprint density at radius 1 is 0.933 bits per heavy atom. The molecule has 0 bridgehead atoms. The molecule has 2 aromatic heterocycles. The van der Waals surface area contributed by atoms with Crippen LogP contribution in [0.3, 0.4) is 0 Å². The van der Waals surface area contributed by atoms with Crippen LogP contribution in [-0.4, -0.2) is 21.0 Å². The van der Waals surface area contributed by atoms with Gasteiger partial charge in [-0.3, -0.25) is 9.78 Å². The number of hydrogen-bond acceptors (Lipinski definition) is 5. The van der Waals surface area contributed by atoms with E-state index in [4.69, 9.17) is 4.52 Å². The maximum absolute atomic E-state index is 12.8. The second-order valence-corrected chi connectivity index (χ2v) is 7.97. The second-order valence-electron chi connectivity index (χ2n) is 7.97. The molecule has 0 aliphatic rings. The number of aromatic nitrogens is 3. The maximum atomic E-state index is 12.8. The number of rotatable bonds is 4. The molecule has 150 valence electrons. The maximum Gasteiger partial charge on any atom is 0.260 e. The van der Waals surface area contributed by atoms with E-state index in [1.807, 2.05) is 60.7 Å². The van der Waals surface area contributed by atoms with Crippen molar-refractivity contribution in [3.8, 4) is 23.0 Å². The van der Waals surface area contributed by atoms with Gasteiger partial charge in [0.1, 0.15) is 5.69 Å². The van der Waals surface area contributed by atoms with E-state index in [9.17, 15) is 4.79 Å². The van der Waals surface area contributed by atoms with Gasteiger partial charge in [-0.25, -0.2) is 0 Å². The fourth-order valence-corrected chi connectivity index (χ4v) is 3.03. The molecule has 0 aliphatic heterocycles. The van der Waals surface area contributed by atoms with Crippen molar-refractivity contribution < 1.29 is 9.32 Å². The van der Waals surface area contributed by atoms with E-state index in [-0.39, 0.29) is 11.3 Å². The van der Waals surface area contributed by atoms with Gasteiger partial charge < -0.3 is 9.84 Å². The summed E-state index contributed by atoms with van der Waals surface area (Å²) in [5.41, 5.74) is 3.65. The van der Waals surface area contributed by atoms with Gasteiger partial charge in [-0.05, 0) is 47.4 Å². The molecule has 0 fully saturated rings. The number of nitrogens with zero attached hydrogens (tertiary/aromatic N) is 3. The zero-order valence-electron chi connectivity index (χ0n) is 17.1. The second kappa shape index (κ2) is 7.91. The predicted octanol–water partition coefficient (Wildman–Crippen LogP) is 5.35. The van der Waals surface area contributed by atoms with Gasteiger partial charge in [0.2, 0.25) is 5.82 Å². The summed E-state index contributed by atoms with van der Waals surface area (Å²) in [6.07, 6.45) is 1.67. The molecular weight excluding hydrogens is 376 g/mol. The largest absolute Gasteiger partial charge is 0.333 e. The van der Waals surface area contributed by atoms with Crippen LogP contribution in [0.5, 0.6) is 0 Å². The third-order valence-corrected chi connectivity index (χ3v) is 4.74. The number of carbonyl (C=O) groups excluding carboxylic acids is 1. The van der Waals surface area contributed by atoms with Crippen LogP contribution in [0.25, 0.3) is 23.0 Å². The fourth-order valence-electron chi connectivity index (χ4n) is 3.03. The predicted molar refractivity (Wildman–Crippen MR) is 116 cm³/mol. The van der Waals surface area contributed by atoms with Crippen molar-refractivity contribution in [3.63, 3.8) is 0 Å². The molecule has 1 N–H and O–H groups in total. The Morgan fingerprint density at radius 3 is 2.37 bits per heavy atom. The highest BCUT2D eigenvalue weighted by atomic mass is 16.5. The number of nitrogens with one attached hydrogen (secondary N) is 1. The molecule has 6 nitrogen and oxygen atoms in total. The lowest BCUT2D eigenvalue weighted by Crippen LogP contribution is -2.14. The number of hydrogen-bond donors (Lipinski definition) is 1. The number of pyridine rings is 1. The van der Waals surface area contributed by atoms with Gasteiger partial charge in [-0.1, -0.05) is 56.3 Å². The molecule has 0 spiro atoms. The molecule has 0 aliphatic carbocycles. The molecule has 0 unspecified atom stereocenters. The molecule has 2 aromatic carbocycles. The normalized spacial score (nSPS) is 11.3. The highest BCUT2D eigenvalue weighted by molar-refractivity contribution is 6.06. The Bertz CT molecular complexity index is 1160. The summed E-state index contributed by atoms with van der Waals surface area (Å²) >= 11 is 0. The number of para-hydroxylation sites is 1. The van der Waals surface area contributed by atoms with E-state index in [0.29, 0.717) is 34.2 Å². The Kier molecular flexibility index (Phi) is 5.14. The first-order chi connectivity index (χ1) is 14.4. The van der Waals surface area contributed by atoms with Crippen molar-refractivity contribution in [1.29, 1.82) is 0 Å². The van der Waals surface area contributed by atoms with Crippen LogP contribution in [0.2, 0.25) is 0 Å². The third-order valence-electron chi connectivity index (χ3n) is 4.74. The van der Waals surface area contributed by atoms with E-state index in [0.717, 1.165) is 0 Å². The fraction of sp³-hybridized carbons (Fsp3) is 0.167. The minimum absolute atomic E-state index is 0.0326. The topological polar surface area (TPSA) is 80.9 Å². The van der Waals surface area contributed by atoms with Gasteiger partial charge in [0.25, 0.3) is 11.8 Å². The minimum atomic E-state index is -0.202. The molecule has 4 aromatic rings. The van der Waals surface area contributed by atoms with Crippen molar-refractivity contribution in [1.82, 2.24) is 15.1 Å². The Hall–Kier alpha value is -3.80. The summed E-state index contributed by atoms with van der Waals surface area (Å²) in [5, 5.41) is 6.96. The molecule has 0 radical (unpaired) electrons. The van der Waals surface area contributed by atoms with Crippen molar-refractivity contribution in [2.24, 2.45) is 0 Å². The summed E-state index contributed by atoms with van der Waals surface area (Å²) < 4.78 is 5.43. The summed E-state index contributed by atoms with van der Waals surface area (Å²) in [6, 6.07) is 20.5. The average molecular weight is 398 g/mol. The molecule has 30 heavy (non-hydrogen) atoms. The summed E-state index contributed by atoms with van der Waals surface area (Å²) in [7, 11) is 0. The molecular formula is C24H22N4O2. The molecule has 4 rings (SSSR count). The summed E-state index contributed by atoms with van der Waals surface area (Å²) in [5.74, 6) is 0.506. The van der Waals surface area contributed by atoms with Gasteiger partial charge in [0.15, 0.2) is 0 Å². The Balaban J connectivity index is 1.58. The van der Waals surface area contributed by atoms with Crippen LogP contribution in [0.4, 0.5) is 5.69 Å². The summed E-state index contributed by atoms with van der Waals surface area (Å²) in [6.45, 7) is 6.42. The monoisotopic (exact) mass is 398 g/mol. The van der Waals surface area contributed by atoms with Crippen molar-refractivity contribution in [2.45, 2.75) is 26.2 Å². The van der Waals surface area contributed by atoms with Gasteiger partial charge in [-0.2, -0.15) is 4.98 Å². The van der Waals surface area contributed by atoms with Gasteiger partial charge in [0.05, 0.1) is 11.3 Å². The van der Waals surface area contributed by atoms with Crippen LogP contribution >= 0.6 is 0 Å². The van der Waals surface area contributed by atoms with Gasteiger partial charge >= 0.3 is 0 Å². The molecule has 0 atom stereocenters. The zero-order chi connectivity index (χ0) is 21.1. The lowest BCUT2D eigenvalue weighted by Gasteiger charge is -2.19. The van der Waals surface area contributed by atoms with Crippen LogP contribution in [0, 0.1) is 0 Å². The van der Waals surface area contributed by atoms with Crippen molar-refractivity contribution >= 4 is 11.6 Å². The van der Waals surface area contributed by atoms with E-state index in [1.54, 1.807) is 12.3 Å². The zero-order valence-corrected chi connectivity index (χ0v) is 17.1. The average Bonchev–Trinajstić information content (AvgIpc) is 3.24.